The van der Waals surface area contributed by atoms with Gasteiger partial charge in [0.15, 0.2) is 0 Å². The van der Waals surface area contributed by atoms with E-state index in [0.29, 0.717) is 0 Å². The van der Waals surface area contributed by atoms with Gasteiger partial charge < -0.3 is 15.3 Å². The minimum absolute atomic E-state index is 0. The summed E-state index contributed by atoms with van der Waals surface area (Å²) in [5.74, 6) is -2.97. The van der Waals surface area contributed by atoms with E-state index in [4.69, 9.17) is 15.3 Å². The molecule has 0 saturated carbocycles. The van der Waals surface area contributed by atoms with Gasteiger partial charge in [0.2, 0.25) is 0 Å². The van der Waals surface area contributed by atoms with Gasteiger partial charge in [0.05, 0.1) is 0 Å². The minimum atomic E-state index is -0.990. The topological polar surface area (TPSA) is 151 Å². The summed E-state index contributed by atoms with van der Waals surface area (Å²) in [7, 11) is 0. The second kappa shape index (κ2) is 13.6. The van der Waals surface area contributed by atoms with Crippen LogP contribution in [0.1, 0.15) is 31.5 Å². The van der Waals surface area contributed by atoms with Gasteiger partial charge in [-0.1, -0.05) is 18.2 Å². The van der Waals surface area contributed by atoms with Gasteiger partial charge in [0.25, 0.3) is 0 Å². The Bertz CT molecular complexity index is 747. The third kappa shape index (κ3) is 9.81. The van der Waals surface area contributed by atoms with Gasteiger partial charge in [-0.15, -0.1) is 0 Å². The zero-order chi connectivity index (χ0) is 20.1. The molecular formula is C18H15N3O6V. The fourth-order valence-corrected chi connectivity index (χ4v) is 1.47. The summed E-state index contributed by atoms with van der Waals surface area (Å²) in [6.07, 6.45) is 4.34. The van der Waals surface area contributed by atoms with Gasteiger partial charge in [0.1, 0.15) is 17.1 Å². The van der Waals surface area contributed by atoms with Crippen LogP contribution in [0.5, 0.6) is 0 Å². The summed E-state index contributed by atoms with van der Waals surface area (Å²) in [6.45, 7) is 0. The van der Waals surface area contributed by atoms with E-state index in [-0.39, 0.29) is 35.6 Å². The predicted molar refractivity (Wildman–Crippen MR) is 93.6 cm³/mol. The molecule has 143 valence electrons. The molecule has 1 radical (unpaired) electrons. The van der Waals surface area contributed by atoms with Crippen LogP contribution in [0, 0.1) is 0 Å². The molecule has 3 heterocycles. The number of rotatable bonds is 3. The Labute approximate surface area is 171 Å². The summed E-state index contributed by atoms with van der Waals surface area (Å²) >= 11 is 0. The number of carboxylic acids is 3. The molecule has 3 aromatic heterocycles. The van der Waals surface area contributed by atoms with Gasteiger partial charge >= 0.3 is 17.9 Å². The van der Waals surface area contributed by atoms with Crippen molar-refractivity contribution in [1.29, 1.82) is 0 Å². The van der Waals surface area contributed by atoms with Crippen molar-refractivity contribution in [2.45, 2.75) is 0 Å². The van der Waals surface area contributed by atoms with E-state index in [1.54, 1.807) is 36.4 Å². The maximum absolute atomic E-state index is 10.1. The standard InChI is InChI=1S/3C6H5NO2.V/c3*8-6(9)5-3-1-2-4-7-5;/h3*1-4H,(H,8,9);. The van der Waals surface area contributed by atoms with Crippen LogP contribution in [0.2, 0.25) is 0 Å². The average molecular weight is 420 g/mol. The van der Waals surface area contributed by atoms with Crippen LogP contribution in [-0.4, -0.2) is 48.2 Å². The molecule has 10 heteroatoms. The van der Waals surface area contributed by atoms with Crippen molar-refractivity contribution in [2.24, 2.45) is 0 Å². The maximum Gasteiger partial charge on any atom is 0.354 e. The number of pyridine rings is 3. The summed E-state index contributed by atoms with van der Waals surface area (Å²) in [5, 5.41) is 25.0. The van der Waals surface area contributed by atoms with Crippen LogP contribution < -0.4 is 0 Å². The average Bonchev–Trinajstić information content (AvgIpc) is 2.71. The molecule has 0 spiro atoms. The van der Waals surface area contributed by atoms with Gasteiger partial charge in [-0.3, -0.25) is 0 Å². The Morgan fingerprint density at radius 2 is 0.786 bits per heavy atom. The maximum atomic E-state index is 10.1. The molecule has 9 nitrogen and oxygen atoms in total. The molecule has 3 N–H and O–H groups in total. The molecule has 0 aliphatic heterocycles. The molecule has 3 aromatic rings. The molecule has 0 amide bonds. The molecule has 0 aromatic carbocycles. The Balaban J connectivity index is 0.000000384. The molecule has 3 rings (SSSR count). The van der Waals surface area contributed by atoms with Crippen LogP contribution in [0.4, 0.5) is 0 Å². The third-order valence-corrected chi connectivity index (χ3v) is 2.65. The SMILES string of the molecule is O=C(O)c1ccccn1.O=C(O)c1ccccn1.O=C(O)c1ccccn1.[V]. The number of aromatic nitrogens is 3. The first-order chi connectivity index (χ1) is 12.9. The third-order valence-electron chi connectivity index (χ3n) is 2.65. The largest absolute Gasteiger partial charge is 0.477 e. The Kier molecular flexibility index (Phi) is 11.9. The minimum Gasteiger partial charge on any atom is -0.477 e. The van der Waals surface area contributed by atoms with E-state index in [1.165, 1.54) is 36.8 Å². The number of hydrogen-bond donors (Lipinski definition) is 3. The van der Waals surface area contributed by atoms with Gasteiger partial charge in [-0.05, 0) is 36.4 Å². The van der Waals surface area contributed by atoms with E-state index >= 15 is 0 Å². The molecular weight excluding hydrogens is 405 g/mol. The van der Waals surface area contributed by atoms with Gasteiger partial charge in [-0.2, -0.15) is 0 Å². The molecule has 0 aliphatic carbocycles. The fourth-order valence-electron chi connectivity index (χ4n) is 1.47. The predicted octanol–water partition coefficient (Wildman–Crippen LogP) is 2.34. The molecule has 0 unspecified atom stereocenters. The van der Waals surface area contributed by atoms with E-state index < -0.39 is 17.9 Å². The molecule has 0 atom stereocenters. The van der Waals surface area contributed by atoms with Crippen molar-refractivity contribution < 1.29 is 48.3 Å². The van der Waals surface area contributed by atoms with Crippen LogP contribution in [-0.2, 0) is 18.6 Å². The number of nitrogens with zero attached hydrogens (tertiary/aromatic N) is 3. The summed E-state index contributed by atoms with van der Waals surface area (Å²) < 4.78 is 0. The fraction of sp³-hybridized carbons (Fsp3) is 0. The first-order valence-electron chi connectivity index (χ1n) is 7.34. The molecule has 0 bridgehead atoms. The van der Waals surface area contributed by atoms with Crippen molar-refractivity contribution >= 4 is 17.9 Å². The van der Waals surface area contributed by atoms with Crippen LogP contribution in [0.15, 0.2) is 73.2 Å². The van der Waals surface area contributed by atoms with Crippen molar-refractivity contribution in [3.63, 3.8) is 0 Å². The molecule has 28 heavy (non-hydrogen) atoms. The first kappa shape index (κ1) is 24.4. The Hall–Kier alpha value is -3.56. The summed E-state index contributed by atoms with van der Waals surface area (Å²) in [6, 6.07) is 14.3. The molecule has 0 saturated heterocycles. The normalized spacial score (nSPS) is 8.57. The van der Waals surface area contributed by atoms with E-state index in [0.717, 1.165) is 0 Å². The molecule has 0 fully saturated rings. The van der Waals surface area contributed by atoms with Crippen LogP contribution in [0.25, 0.3) is 0 Å². The smallest absolute Gasteiger partial charge is 0.354 e. The zero-order valence-corrected chi connectivity index (χ0v) is 15.7. The first-order valence-corrected chi connectivity index (χ1v) is 7.34. The molecule has 0 aliphatic rings. The summed E-state index contributed by atoms with van der Waals surface area (Å²) in [5.41, 5.74) is 0.243. The van der Waals surface area contributed by atoms with Crippen molar-refractivity contribution in [1.82, 2.24) is 15.0 Å². The number of aromatic carboxylic acids is 3. The van der Waals surface area contributed by atoms with Crippen LogP contribution in [0.3, 0.4) is 0 Å². The number of hydrogen-bond acceptors (Lipinski definition) is 6. The van der Waals surface area contributed by atoms with Crippen LogP contribution >= 0.6 is 0 Å². The van der Waals surface area contributed by atoms with Crippen molar-refractivity contribution in [2.75, 3.05) is 0 Å². The van der Waals surface area contributed by atoms with Gasteiger partial charge in [0, 0.05) is 37.1 Å². The summed E-state index contributed by atoms with van der Waals surface area (Å²) in [4.78, 5) is 41.2. The monoisotopic (exact) mass is 420 g/mol. The van der Waals surface area contributed by atoms with Crippen molar-refractivity contribution in [3.05, 3.63) is 90.3 Å². The van der Waals surface area contributed by atoms with E-state index in [9.17, 15) is 14.4 Å². The quantitative estimate of drug-likeness (QED) is 0.580. The Morgan fingerprint density at radius 3 is 0.893 bits per heavy atom. The second-order valence-corrected chi connectivity index (χ2v) is 4.56. The van der Waals surface area contributed by atoms with Crippen molar-refractivity contribution in [3.8, 4) is 0 Å². The Morgan fingerprint density at radius 1 is 0.536 bits per heavy atom. The number of carboxylic acid groups (broad SMARTS) is 3. The zero-order valence-electron chi connectivity index (χ0n) is 14.3. The number of carbonyl (C=O) groups is 3. The second-order valence-electron chi connectivity index (χ2n) is 4.56. The van der Waals surface area contributed by atoms with E-state index in [1.807, 2.05) is 0 Å². The van der Waals surface area contributed by atoms with E-state index in [2.05, 4.69) is 15.0 Å². The van der Waals surface area contributed by atoms with Gasteiger partial charge in [-0.25, -0.2) is 29.3 Å².